The fourth-order valence-electron chi connectivity index (χ4n) is 2.11. The van der Waals surface area contributed by atoms with Gasteiger partial charge in [-0.15, -0.1) is 23.7 Å². The first-order valence-corrected chi connectivity index (χ1v) is 6.98. The van der Waals surface area contributed by atoms with E-state index in [1.807, 2.05) is 6.92 Å². The van der Waals surface area contributed by atoms with Crippen LogP contribution in [-0.4, -0.2) is 30.5 Å². The Hall–Kier alpha value is -0.650. The molecule has 1 atom stereocenters. The van der Waals surface area contributed by atoms with E-state index in [-0.39, 0.29) is 18.3 Å². The summed E-state index contributed by atoms with van der Waals surface area (Å²) < 4.78 is 0. The Morgan fingerprint density at radius 3 is 3.11 bits per heavy atom. The molecule has 1 fully saturated rings. The first-order chi connectivity index (χ1) is 8.25. The standard InChI is InChI=1S/C12H19N3OS.ClH/c1-9-15-8-11(17-9)12(16)14-6-4-10-3-2-5-13-7-10;/h8,10,13H,2-7H2,1H3,(H,14,16);1H. The number of amides is 1. The summed E-state index contributed by atoms with van der Waals surface area (Å²) in [6.45, 7) is 4.91. The maximum Gasteiger partial charge on any atom is 0.263 e. The van der Waals surface area contributed by atoms with E-state index in [0.29, 0.717) is 10.8 Å². The van der Waals surface area contributed by atoms with Gasteiger partial charge in [0.2, 0.25) is 0 Å². The zero-order chi connectivity index (χ0) is 12.1. The van der Waals surface area contributed by atoms with Crippen LogP contribution in [0.4, 0.5) is 0 Å². The lowest BCUT2D eigenvalue weighted by Gasteiger charge is -2.22. The Morgan fingerprint density at radius 1 is 1.67 bits per heavy atom. The Kier molecular flexibility index (Phi) is 6.60. The Morgan fingerprint density at radius 2 is 2.50 bits per heavy atom. The van der Waals surface area contributed by atoms with Gasteiger partial charge in [0.15, 0.2) is 0 Å². The fraction of sp³-hybridized carbons (Fsp3) is 0.667. The summed E-state index contributed by atoms with van der Waals surface area (Å²) in [5.41, 5.74) is 0. The van der Waals surface area contributed by atoms with Crippen LogP contribution in [0.1, 0.15) is 33.9 Å². The summed E-state index contributed by atoms with van der Waals surface area (Å²) in [5.74, 6) is 0.728. The molecule has 1 aliphatic rings. The van der Waals surface area contributed by atoms with E-state index >= 15 is 0 Å². The van der Waals surface area contributed by atoms with Gasteiger partial charge in [-0.25, -0.2) is 4.98 Å². The second kappa shape index (κ2) is 7.71. The number of carbonyl (C=O) groups is 1. The molecule has 0 spiro atoms. The van der Waals surface area contributed by atoms with Crippen molar-refractivity contribution in [1.29, 1.82) is 0 Å². The summed E-state index contributed by atoms with van der Waals surface area (Å²) in [6, 6.07) is 0. The monoisotopic (exact) mass is 289 g/mol. The molecule has 0 radical (unpaired) electrons. The highest BCUT2D eigenvalue weighted by Gasteiger charge is 2.13. The first kappa shape index (κ1) is 15.4. The maximum atomic E-state index is 11.7. The molecular weight excluding hydrogens is 270 g/mol. The average Bonchev–Trinajstić information content (AvgIpc) is 2.77. The zero-order valence-corrected chi connectivity index (χ0v) is 12.2. The highest BCUT2D eigenvalue weighted by molar-refractivity contribution is 7.13. The quantitative estimate of drug-likeness (QED) is 0.891. The normalized spacial score (nSPS) is 19.1. The second-order valence-electron chi connectivity index (χ2n) is 4.50. The molecule has 1 aromatic heterocycles. The van der Waals surface area contributed by atoms with Crippen molar-refractivity contribution in [3.8, 4) is 0 Å². The van der Waals surface area contributed by atoms with E-state index in [1.54, 1.807) is 6.20 Å². The van der Waals surface area contributed by atoms with Crippen molar-refractivity contribution in [2.45, 2.75) is 26.2 Å². The number of aryl methyl sites for hydroxylation is 1. The van der Waals surface area contributed by atoms with Crippen molar-refractivity contribution in [2.24, 2.45) is 5.92 Å². The van der Waals surface area contributed by atoms with Crippen LogP contribution >= 0.6 is 23.7 Å². The van der Waals surface area contributed by atoms with E-state index in [0.717, 1.165) is 31.1 Å². The van der Waals surface area contributed by atoms with Gasteiger partial charge in [0.25, 0.3) is 5.91 Å². The molecule has 1 aliphatic heterocycles. The Balaban J connectivity index is 0.00000162. The van der Waals surface area contributed by atoms with Gasteiger partial charge in [-0.3, -0.25) is 4.79 Å². The van der Waals surface area contributed by atoms with Crippen LogP contribution in [0.3, 0.4) is 0 Å². The Labute approximate surface area is 118 Å². The average molecular weight is 290 g/mol. The zero-order valence-electron chi connectivity index (χ0n) is 10.6. The molecule has 0 bridgehead atoms. The molecule has 1 saturated heterocycles. The van der Waals surface area contributed by atoms with Crippen LogP contribution < -0.4 is 10.6 Å². The van der Waals surface area contributed by atoms with Gasteiger partial charge >= 0.3 is 0 Å². The van der Waals surface area contributed by atoms with Crippen molar-refractivity contribution >= 4 is 29.7 Å². The summed E-state index contributed by atoms with van der Waals surface area (Å²) in [6.07, 6.45) is 5.25. The van der Waals surface area contributed by atoms with Gasteiger partial charge in [0, 0.05) is 6.54 Å². The number of rotatable bonds is 4. The molecule has 0 aliphatic carbocycles. The SMILES string of the molecule is Cc1ncc(C(=O)NCCC2CCCNC2)s1.Cl. The van der Waals surface area contributed by atoms with Gasteiger partial charge in [-0.05, 0) is 45.2 Å². The third-order valence-corrected chi connectivity index (χ3v) is 3.99. The molecule has 102 valence electrons. The third-order valence-electron chi connectivity index (χ3n) is 3.08. The fourth-order valence-corrected chi connectivity index (χ4v) is 2.81. The predicted octanol–water partition coefficient (Wildman–Crippen LogP) is 1.99. The number of carbonyl (C=O) groups excluding carboxylic acids is 1. The topological polar surface area (TPSA) is 54.0 Å². The Bertz CT molecular complexity index is 377. The van der Waals surface area contributed by atoms with E-state index in [4.69, 9.17) is 0 Å². The molecule has 2 N–H and O–H groups in total. The minimum Gasteiger partial charge on any atom is -0.351 e. The lowest BCUT2D eigenvalue weighted by atomic mass is 9.96. The highest BCUT2D eigenvalue weighted by atomic mass is 35.5. The van der Waals surface area contributed by atoms with Gasteiger partial charge in [0.1, 0.15) is 4.88 Å². The van der Waals surface area contributed by atoms with Gasteiger partial charge in [0.05, 0.1) is 11.2 Å². The number of hydrogen-bond donors (Lipinski definition) is 2. The molecule has 0 saturated carbocycles. The molecule has 2 heterocycles. The van der Waals surface area contributed by atoms with Crippen LogP contribution in [-0.2, 0) is 0 Å². The highest BCUT2D eigenvalue weighted by Crippen LogP contribution is 2.14. The molecule has 0 aromatic carbocycles. The minimum atomic E-state index is 0. The van der Waals surface area contributed by atoms with E-state index in [9.17, 15) is 4.79 Å². The van der Waals surface area contributed by atoms with Crippen molar-refractivity contribution in [3.63, 3.8) is 0 Å². The van der Waals surface area contributed by atoms with E-state index in [1.165, 1.54) is 24.2 Å². The van der Waals surface area contributed by atoms with Gasteiger partial charge in [-0.1, -0.05) is 0 Å². The first-order valence-electron chi connectivity index (χ1n) is 6.17. The smallest absolute Gasteiger partial charge is 0.263 e. The lowest BCUT2D eigenvalue weighted by molar-refractivity contribution is 0.0954. The lowest BCUT2D eigenvalue weighted by Crippen LogP contribution is -2.33. The number of halogens is 1. The summed E-state index contributed by atoms with van der Waals surface area (Å²) >= 11 is 1.45. The van der Waals surface area contributed by atoms with Crippen LogP contribution in [0, 0.1) is 12.8 Å². The minimum absolute atomic E-state index is 0. The van der Waals surface area contributed by atoms with Crippen LogP contribution in [0.5, 0.6) is 0 Å². The van der Waals surface area contributed by atoms with Crippen LogP contribution in [0.15, 0.2) is 6.20 Å². The largest absolute Gasteiger partial charge is 0.351 e. The third kappa shape index (κ3) is 4.55. The molecule has 2 rings (SSSR count). The summed E-state index contributed by atoms with van der Waals surface area (Å²) in [7, 11) is 0. The molecule has 4 nitrogen and oxygen atoms in total. The maximum absolute atomic E-state index is 11.7. The van der Waals surface area contributed by atoms with Crippen molar-refractivity contribution < 1.29 is 4.79 Å². The number of hydrogen-bond acceptors (Lipinski definition) is 4. The molecular formula is C12H20ClN3OS. The van der Waals surface area contributed by atoms with Gasteiger partial charge in [-0.2, -0.15) is 0 Å². The molecule has 1 amide bonds. The van der Waals surface area contributed by atoms with E-state index in [2.05, 4.69) is 15.6 Å². The van der Waals surface area contributed by atoms with Gasteiger partial charge < -0.3 is 10.6 Å². The molecule has 6 heteroatoms. The van der Waals surface area contributed by atoms with Crippen LogP contribution in [0.2, 0.25) is 0 Å². The van der Waals surface area contributed by atoms with Crippen molar-refractivity contribution in [3.05, 3.63) is 16.1 Å². The van der Waals surface area contributed by atoms with Crippen LogP contribution in [0.25, 0.3) is 0 Å². The number of nitrogens with zero attached hydrogens (tertiary/aromatic N) is 1. The molecule has 1 unspecified atom stereocenters. The molecule has 18 heavy (non-hydrogen) atoms. The number of piperidine rings is 1. The number of aromatic nitrogens is 1. The van der Waals surface area contributed by atoms with Crippen molar-refractivity contribution in [2.75, 3.05) is 19.6 Å². The van der Waals surface area contributed by atoms with E-state index < -0.39 is 0 Å². The second-order valence-corrected chi connectivity index (χ2v) is 5.74. The summed E-state index contributed by atoms with van der Waals surface area (Å²) in [4.78, 5) is 16.5. The van der Waals surface area contributed by atoms with Crippen molar-refractivity contribution in [1.82, 2.24) is 15.6 Å². The predicted molar refractivity (Wildman–Crippen MR) is 76.6 cm³/mol. The number of thiazole rings is 1. The summed E-state index contributed by atoms with van der Waals surface area (Å²) in [5, 5.41) is 7.29. The molecule has 1 aromatic rings. The number of nitrogens with one attached hydrogen (secondary N) is 2.